The van der Waals surface area contributed by atoms with E-state index in [-0.39, 0.29) is 24.2 Å². The van der Waals surface area contributed by atoms with Crippen molar-refractivity contribution in [3.63, 3.8) is 0 Å². The standard InChI is InChI=1S/C18H21N3O2S/c19-8-7-18(9-10-1-2-10)6-5-12-13(17(23)21-11-3-4-11)16(20)24-14(12)15(18)22/h10-11H,1-7,9,20H2,(H,21,23). The monoisotopic (exact) mass is 343 g/mol. The zero-order valence-electron chi connectivity index (χ0n) is 13.6. The average molecular weight is 343 g/mol. The smallest absolute Gasteiger partial charge is 0.254 e. The Morgan fingerprint density at radius 2 is 2.12 bits per heavy atom. The van der Waals surface area contributed by atoms with Gasteiger partial charge in [0.1, 0.15) is 0 Å². The van der Waals surface area contributed by atoms with Crippen LogP contribution in [0.1, 0.15) is 70.5 Å². The fourth-order valence-electron chi connectivity index (χ4n) is 3.82. The van der Waals surface area contributed by atoms with Gasteiger partial charge in [0.25, 0.3) is 5.91 Å². The van der Waals surface area contributed by atoms with E-state index >= 15 is 0 Å². The predicted octanol–water partition coefficient (Wildman–Crippen LogP) is 3.05. The highest BCUT2D eigenvalue weighted by molar-refractivity contribution is 7.18. The molecule has 0 spiro atoms. The number of hydrogen-bond donors (Lipinski definition) is 2. The Morgan fingerprint density at radius 3 is 2.75 bits per heavy atom. The van der Waals surface area contributed by atoms with E-state index in [9.17, 15) is 14.9 Å². The molecule has 6 heteroatoms. The van der Waals surface area contributed by atoms with Crippen LogP contribution in [0.3, 0.4) is 0 Å². The summed E-state index contributed by atoms with van der Waals surface area (Å²) in [5.41, 5.74) is 6.85. The van der Waals surface area contributed by atoms with Gasteiger partial charge in [0.05, 0.1) is 21.5 Å². The highest BCUT2D eigenvalue weighted by Gasteiger charge is 2.48. The molecule has 2 saturated carbocycles. The summed E-state index contributed by atoms with van der Waals surface area (Å²) in [7, 11) is 0. The third-order valence-corrected chi connectivity index (χ3v) is 6.57. The number of ketones is 1. The summed E-state index contributed by atoms with van der Waals surface area (Å²) in [6.07, 6.45) is 6.75. The predicted molar refractivity (Wildman–Crippen MR) is 91.9 cm³/mol. The van der Waals surface area contributed by atoms with E-state index in [1.54, 1.807) is 0 Å². The summed E-state index contributed by atoms with van der Waals surface area (Å²) < 4.78 is 0. The van der Waals surface area contributed by atoms with Gasteiger partial charge in [-0.05, 0) is 43.6 Å². The van der Waals surface area contributed by atoms with E-state index in [1.807, 2.05) is 0 Å². The van der Waals surface area contributed by atoms with Crippen LogP contribution < -0.4 is 11.1 Å². The summed E-state index contributed by atoms with van der Waals surface area (Å²) in [5.74, 6) is 0.480. The molecule has 5 nitrogen and oxygen atoms in total. The number of Topliss-reactive ketones (excluding diaryl/α,β-unsaturated/α-hetero) is 1. The van der Waals surface area contributed by atoms with Crippen LogP contribution >= 0.6 is 11.3 Å². The number of nitrogens with two attached hydrogens (primary N) is 1. The molecule has 3 aliphatic rings. The maximum atomic E-state index is 13.2. The molecule has 0 aromatic carbocycles. The summed E-state index contributed by atoms with van der Waals surface area (Å²) in [6.45, 7) is 0. The SMILES string of the molecule is N#CCC1(CC2CC2)CCc2c(sc(N)c2C(=O)NC2CC2)C1=O. The minimum atomic E-state index is -0.565. The number of fused-ring (bicyclic) bond motifs is 1. The Morgan fingerprint density at radius 1 is 1.38 bits per heavy atom. The van der Waals surface area contributed by atoms with E-state index < -0.39 is 5.41 Å². The van der Waals surface area contributed by atoms with Crippen molar-refractivity contribution in [3.8, 4) is 6.07 Å². The fourth-order valence-corrected chi connectivity index (χ4v) is 5.00. The van der Waals surface area contributed by atoms with Crippen LogP contribution in [0, 0.1) is 22.7 Å². The molecule has 0 radical (unpaired) electrons. The molecule has 1 atom stereocenters. The number of rotatable bonds is 5. The Kier molecular flexibility index (Phi) is 3.65. The molecule has 1 unspecified atom stereocenters. The molecule has 4 rings (SSSR count). The zero-order chi connectivity index (χ0) is 16.9. The molecule has 3 N–H and O–H groups in total. The zero-order valence-corrected chi connectivity index (χ0v) is 14.4. The largest absolute Gasteiger partial charge is 0.390 e. The van der Waals surface area contributed by atoms with Crippen molar-refractivity contribution in [2.75, 3.05) is 5.73 Å². The van der Waals surface area contributed by atoms with E-state index in [0.29, 0.717) is 34.2 Å². The second-order valence-corrected chi connectivity index (χ2v) is 8.54. The first-order chi connectivity index (χ1) is 11.5. The highest BCUT2D eigenvalue weighted by Crippen LogP contribution is 2.51. The number of amides is 1. The molecule has 1 amide bonds. The third kappa shape index (κ3) is 2.61. The maximum absolute atomic E-state index is 13.2. The van der Waals surface area contributed by atoms with Gasteiger partial charge in [0, 0.05) is 17.9 Å². The summed E-state index contributed by atoms with van der Waals surface area (Å²) >= 11 is 1.23. The lowest BCUT2D eigenvalue weighted by Gasteiger charge is -2.34. The van der Waals surface area contributed by atoms with Crippen LogP contribution in [0.2, 0.25) is 0 Å². The lowest BCUT2D eigenvalue weighted by molar-refractivity contribution is 0.0738. The van der Waals surface area contributed by atoms with Crippen molar-refractivity contribution in [2.24, 2.45) is 11.3 Å². The minimum Gasteiger partial charge on any atom is -0.390 e. The molecule has 0 bridgehead atoms. The topological polar surface area (TPSA) is 96.0 Å². The molecular formula is C18H21N3O2S. The highest BCUT2D eigenvalue weighted by atomic mass is 32.1. The number of anilines is 1. The Hall–Kier alpha value is -1.87. The number of carbonyl (C=O) groups excluding carboxylic acids is 2. The molecule has 0 saturated heterocycles. The number of thiophene rings is 1. The van der Waals surface area contributed by atoms with Crippen molar-refractivity contribution in [3.05, 3.63) is 16.0 Å². The molecule has 1 aromatic heterocycles. The first-order valence-electron chi connectivity index (χ1n) is 8.68. The summed E-state index contributed by atoms with van der Waals surface area (Å²) in [4.78, 5) is 26.3. The first-order valence-corrected chi connectivity index (χ1v) is 9.49. The van der Waals surface area contributed by atoms with Crippen molar-refractivity contribution in [2.45, 2.75) is 57.4 Å². The van der Waals surface area contributed by atoms with Gasteiger partial charge in [-0.2, -0.15) is 5.26 Å². The molecule has 1 heterocycles. The van der Waals surface area contributed by atoms with Crippen molar-refractivity contribution >= 4 is 28.0 Å². The van der Waals surface area contributed by atoms with Gasteiger partial charge >= 0.3 is 0 Å². The van der Waals surface area contributed by atoms with E-state index in [1.165, 1.54) is 11.3 Å². The Labute approximate surface area is 145 Å². The van der Waals surface area contributed by atoms with E-state index in [2.05, 4.69) is 11.4 Å². The number of carbonyl (C=O) groups is 2. The van der Waals surface area contributed by atoms with Crippen LogP contribution in [0.4, 0.5) is 5.00 Å². The normalized spacial score (nSPS) is 25.9. The third-order valence-electron chi connectivity index (χ3n) is 5.51. The van der Waals surface area contributed by atoms with Crippen molar-refractivity contribution in [1.82, 2.24) is 5.32 Å². The van der Waals surface area contributed by atoms with Crippen LogP contribution in [0.5, 0.6) is 0 Å². The van der Waals surface area contributed by atoms with Crippen LogP contribution in [0.25, 0.3) is 0 Å². The van der Waals surface area contributed by atoms with Gasteiger partial charge < -0.3 is 11.1 Å². The van der Waals surface area contributed by atoms with Gasteiger partial charge in [0.2, 0.25) is 0 Å². The fraction of sp³-hybridized carbons (Fsp3) is 0.611. The average Bonchev–Trinajstić information content (AvgIpc) is 3.45. The molecule has 1 aromatic rings. The Balaban J connectivity index is 1.67. The van der Waals surface area contributed by atoms with Crippen molar-refractivity contribution < 1.29 is 9.59 Å². The van der Waals surface area contributed by atoms with Crippen LogP contribution in [-0.4, -0.2) is 17.7 Å². The molecule has 24 heavy (non-hydrogen) atoms. The van der Waals surface area contributed by atoms with Crippen LogP contribution in [-0.2, 0) is 6.42 Å². The summed E-state index contributed by atoms with van der Waals surface area (Å²) in [6, 6.07) is 2.49. The first kappa shape index (κ1) is 15.6. The van der Waals surface area contributed by atoms with Crippen molar-refractivity contribution in [1.29, 1.82) is 5.26 Å². The van der Waals surface area contributed by atoms with E-state index in [0.717, 1.165) is 37.7 Å². The number of hydrogen-bond acceptors (Lipinski definition) is 5. The lowest BCUT2D eigenvalue weighted by Crippen LogP contribution is -2.36. The van der Waals surface area contributed by atoms with Gasteiger partial charge in [-0.15, -0.1) is 11.3 Å². The number of nitrogens with one attached hydrogen (secondary N) is 1. The van der Waals surface area contributed by atoms with E-state index in [4.69, 9.17) is 5.73 Å². The van der Waals surface area contributed by atoms with Gasteiger partial charge in [-0.1, -0.05) is 12.8 Å². The second kappa shape index (κ2) is 5.59. The quantitative estimate of drug-likeness (QED) is 0.859. The summed E-state index contributed by atoms with van der Waals surface area (Å²) in [5, 5.41) is 12.7. The molecular weight excluding hydrogens is 322 g/mol. The number of nitrogens with zero attached hydrogens (tertiary/aromatic N) is 1. The molecule has 126 valence electrons. The van der Waals surface area contributed by atoms with Gasteiger partial charge in [-0.3, -0.25) is 9.59 Å². The number of nitriles is 1. The van der Waals surface area contributed by atoms with Gasteiger partial charge in [0.15, 0.2) is 5.78 Å². The lowest BCUT2D eigenvalue weighted by atomic mass is 9.68. The van der Waals surface area contributed by atoms with Crippen LogP contribution in [0.15, 0.2) is 0 Å². The second-order valence-electron chi connectivity index (χ2n) is 7.49. The number of nitrogen functional groups attached to an aromatic ring is 1. The molecule has 0 aliphatic heterocycles. The maximum Gasteiger partial charge on any atom is 0.254 e. The molecule has 2 fully saturated rings. The molecule has 3 aliphatic carbocycles. The minimum absolute atomic E-state index is 0.0411. The Bertz CT molecular complexity index is 755. The van der Waals surface area contributed by atoms with Gasteiger partial charge in [-0.25, -0.2) is 0 Å².